The van der Waals surface area contributed by atoms with E-state index in [2.05, 4.69) is 10.6 Å². The highest BCUT2D eigenvalue weighted by Crippen LogP contribution is 2.28. The average Bonchev–Trinajstić information content (AvgIpc) is 2.60. The number of nitrogens with one attached hydrogen (secondary N) is 2. The van der Waals surface area contributed by atoms with Gasteiger partial charge in [-0.1, -0.05) is 13.8 Å². The Morgan fingerprint density at radius 3 is 2.62 bits per heavy atom. The molecular weight excluding hydrogens is 306 g/mol. The van der Waals surface area contributed by atoms with E-state index in [1.54, 1.807) is 12.0 Å². The van der Waals surface area contributed by atoms with Crippen LogP contribution < -0.4 is 10.6 Å². The molecule has 0 radical (unpaired) electrons. The van der Waals surface area contributed by atoms with Crippen molar-refractivity contribution in [2.24, 2.45) is 11.3 Å². The molecule has 0 aliphatic carbocycles. The summed E-state index contributed by atoms with van der Waals surface area (Å²) in [6, 6.07) is -0.310. The minimum absolute atomic E-state index is 0.00212. The third kappa shape index (κ3) is 4.70. The fourth-order valence-corrected chi connectivity index (χ4v) is 3.83. The lowest BCUT2D eigenvalue weighted by atomic mass is 9.79. The average molecular weight is 339 g/mol. The molecule has 6 nitrogen and oxygen atoms in total. The van der Waals surface area contributed by atoms with E-state index in [0.717, 1.165) is 45.2 Å². The van der Waals surface area contributed by atoms with Crippen molar-refractivity contribution in [2.75, 3.05) is 39.9 Å². The van der Waals surface area contributed by atoms with Gasteiger partial charge in [-0.25, -0.2) is 0 Å². The molecule has 0 aromatic rings. The lowest BCUT2D eigenvalue weighted by molar-refractivity contribution is -0.145. The van der Waals surface area contributed by atoms with Crippen molar-refractivity contribution >= 4 is 11.8 Å². The van der Waals surface area contributed by atoms with Gasteiger partial charge < -0.3 is 20.3 Å². The fourth-order valence-electron chi connectivity index (χ4n) is 3.83. The van der Waals surface area contributed by atoms with Crippen LogP contribution in [0.3, 0.4) is 0 Å². The van der Waals surface area contributed by atoms with E-state index < -0.39 is 0 Å². The van der Waals surface area contributed by atoms with Crippen LogP contribution in [0.15, 0.2) is 0 Å². The number of carbonyl (C=O) groups is 2. The fraction of sp³-hybridized carbons (Fsp3) is 0.889. The third-order valence-electron chi connectivity index (χ3n) is 5.33. The summed E-state index contributed by atoms with van der Waals surface area (Å²) in [5, 5.41) is 6.49. The molecule has 1 unspecified atom stereocenters. The second kappa shape index (κ2) is 8.81. The van der Waals surface area contributed by atoms with E-state index >= 15 is 0 Å². The van der Waals surface area contributed by atoms with Gasteiger partial charge in [-0.05, 0) is 45.2 Å². The summed E-state index contributed by atoms with van der Waals surface area (Å²) in [5.41, 5.74) is 0.0111. The van der Waals surface area contributed by atoms with Crippen molar-refractivity contribution in [1.82, 2.24) is 15.5 Å². The van der Waals surface area contributed by atoms with Crippen molar-refractivity contribution in [3.8, 4) is 0 Å². The van der Waals surface area contributed by atoms with Crippen LogP contribution in [0.4, 0.5) is 0 Å². The maximum atomic E-state index is 12.8. The molecule has 1 atom stereocenters. The number of rotatable bonds is 6. The minimum atomic E-state index is -0.310. The number of amides is 2. The molecule has 2 heterocycles. The van der Waals surface area contributed by atoms with E-state index in [-0.39, 0.29) is 29.2 Å². The zero-order chi connectivity index (χ0) is 17.6. The molecule has 2 fully saturated rings. The molecule has 2 amide bonds. The molecule has 2 N–H and O–H groups in total. The Labute approximate surface area is 145 Å². The van der Waals surface area contributed by atoms with Gasteiger partial charge in [0.1, 0.15) is 6.04 Å². The molecule has 0 spiro atoms. The third-order valence-corrected chi connectivity index (χ3v) is 5.33. The summed E-state index contributed by atoms with van der Waals surface area (Å²) in [5.74, 6) is 0.0173. The van der Waals surface area contributed by atoms with Gasteiger partial charge in [0, 0.05) is 31.5 Å². The zero-order valence-electron chi connectivity index (χ0n) is 15.4. The number of likely N-dealkylation sites (tertiary alicyclic amines) is 1. The molecule has 2 aliphatic rings. The van der Waals surface area contributed by atoms with Crippen LogP contribution in [0, 0.1) is 11.3 Å². The van der Waals surface area contributed by atoms with Crippen LogP contribution in [0.25, 0.3) is 0 Å². The Bertz CT molecular complexity index is 428. The monoisotopic (exact) mass is 339 g/mol. The Morgan fingerprint density at radius 2 is 2.00 bits per heavy atom. The van der Waals surface area contributed by atoms with Gasteiger partial charge in [-0.3, -0.25) is 9.59 Å². The summed E-state index contributed by atoms with van der Waals surface area (Å²) < 4.78 is 5.41. The van der Waals surface area contributed by atoms with E-state index in [9.17, 15) is 9.59 Å². The van der Waals surface area contributed by atoms with Gasteiger partial charge in [0.25, 0.3) is 0 Å². The first-order chi connectivity index (χ1) is 11.5. The lowest BCUT2D eigenvalue weighted by Gasteiger charge is -2.39. The lowest BCUT2D eigenvalue weighted by Crippen LogP contribution is -2.55. The second-order valence-corrected chi connectivity index (χ2v) is 7.60. The Morgan fingerprint density at radius 1 is 1.29 bits per heavy atom. The number of ether oxygens (including phenoxy) is 1. The second-order valence-electron chi connectivity index (χ2n) is 7.60. The van der Waals surface area contributed by atoms with Gasteiger partial charge in [0.15, 0.2) is 0 Å². The predicted octanol–water partition coefficient (Wildman–Crippen LogP) is 1.16. The summed E-state index contributed by atoms with van der Waals surface area (Å²) >= 11 is 0. The van der Waals surface area contributed by atoms with Crippen LogP contribution in [-0.4, -0.2) is 62.7 Å². The number of hydrogen-bond donors (Lipinski definition) is 2. The minimum Gasteiger partial charge on any atom is -0.384 e. The van der Waals surface area contributed by atoms with Crippen LogP contribution in [0.1, 0.15) is 46.0 Å². The molecule has 2 saturated heterocycles. The molecule has 0 bridgehead atoms. The SMILES string of the molecule is COCC1(CNC(=O)C2CCCCN2C(=O)C(C)C)CCNCC1. The van der Waals surface area contributed by atoms with Gasteiger partial charge in [-0.15, -0.1) is 0 Å². The maximum absolute atomic E-state index is 12.8. The number of carbonyl (C=O) groups excluding carboxylic acids is 2. The molecule has 24 heavy (non-hydrogen) atoms. The standard InChI is InChI=1S/C18H33N3O3/c1-14(2)17(23)21-11-5-4-6-15(21)16(22)20-12-18(13-24-3)7-9-19-10-8-18/h14-15,19H,4-13H2,1-3H3,(H,20,22). The van der Waals surface area contributed by atoms with Crippen molar-refractivity contribution < 1.29 is 14.3 Å². The quantitative estimate of drug-likeness (QED) is 0.762. The largest absolute Gasteiger partial charge is 0.384 e. The van der Waals surface area contributed by atoms with Crippen LogP contribution in [0.2, 0.25) is 0 Å². The van der Waals surface area contributed by atoms with E-state index in [4.69, 9.17) is 4.74 Å². The highest BCUT2D eigenvalue weighted by atomic mass is 16.5. The number of methoxy groups -OCH3 is 1. The first kappa shape index (κ1) is 19.2. The molecule has 2 rings (SSSR count). The van der Waals surface area contributed by atoms with Gasteiger partial charge in [0.05, 0.1) is 6.61 Å². The van der Waals surface area contributed by atoms with E-state index in [1.165, 1.54) is 0 Å². The van der Waals surface area contributed by atoms with Crippen molar-refractivity contribution in [1.29, 1.82) is 0 Å². The summed E-state index contributed by atoms with van der Waals surface area (Å²) in [6.45, 7) is 7.70. The van der Waals surface area contributed by atoms with E-state index in [1.807, 2.05) is 13.8 Å². The highest BCUT2D eigenvalue weighted by Gasteiger charge is 2.36. The molecule has 6 heteroatoms. The first-order valence-corrected chi connectivity index (χ1v) is 9.27. The predicted molar refractivity (Wildman–Crippen MR) is 93.6 cm³/mol. The number of piperidine rings is 2. The van der Waals surface area contributed by atoms with Gasteiger partial charge >= 0.3 is 0 Å². The maximum Gasteiger partial charge on any atom is 0.242 e. The molecule has 0 aromatic heterocycles. The topological polar surface area (TPSA) is 70.7 Å². The molecule has 138 valence electrons. The summed E-state index contributed by atoms with van der Waals surface area (Å²) in [7, 11) is 1.72. The zero-order valence-corrected chi connectivity index (χ0v) is 15.4. The summed E-state index contributed by atoms with van der Waals surface area (Å²) in [6.07, 6.45) is 4.76. The Hall–Kier alpha value is -1.14. The molecule has 0 saturated carbocycles. The van der Waals surface area contributed by atoms with Crippen molar-refractivity contribution in [3.63, 3.8) is 0 Å². The first-order valence-electron chi connectivity index (χ1n) is 9.27. The molecule has 0 aromatic carbocycles. The Kier molecular flexibility index (Phi) is 7.04. The highest BCUT2D eigenvalue weighted by molar-refractivity contribution is 5.88. The normalized spacial score (nSPS) is 24.0. The van der Waals surface area contributed by atoms with Crippen LogP contribution in [-0.2, 0) is 14.3 Å². The Balaban J connectivity index is 1.97. The molecular formula is C18H33N3O3. The van der Waals surface area contributed by atoms with Gasteiger partial charge in [-0.2, -0.15) is 0 Å². The van der Waals surface area contributed by atoms with Crippen molar-refractivity contribution in [3.05, 3.63) is 0 Å². The van der Waals surface area contributed by atoms with Crippen LogP contribution in [0.5, 0.6) is 0 Å². The summed E-state index contributed by atoms with van der Waals surface area (Å²) in [4.78, 5) is 27.0. The number of nitrogens with zero attached hydrogens (tertiary/aromatic N) is 1. The van der Waals surface area contributed by atoms with Crippen LogP contribution >= 0.6 is 0 Å². The van der Waals surface area contributed by atoms with Crippen molar-refractivity contribution in [2.45, 2.75) is 52.0 Å². The number of hydrogen-bond acceptors (Lipinski definition) is 4. The van der Waals surface area contributed by atoms with Gasteiger partial charge in [0.2, 0.25) is 11.8 Å². The smallest absolute Gasteiger partial charge is 0.242 e. The van der Waals surface area contributed by atoms with E-state index in [0.29, 0.717) is 19.7 Å². The molecule has 2 aliphatic heterocycles.